The summed E-state index contributed by atoms with van der Waals surface area (Å²) in [7, 11) is -2.68. The van der Waals surface area contributed by atoms with Gasteiger partial charge in [0.25, 0.3) is 8.32 Å². The quantitative estimate of drug-likeness (QED) is 0.205. The summed E-state index contributed by atoms with van der Waals surface area (Å²) >= 11 is 0. The van der Waals surface area contributed by atoms with Crippen LogP contribution in [0.25, 0.3) is 0 Å². The maximum Gasteiger partial charge on any atom is 0.261 e. The highest BCUT2D eigenvalue weighted by atomic mass is 28.4. The van der Waals surface area contributed by atoms with Crippen molar-refractivity contribution < 1.29 is 9.22 Å². The molecule has 1 aliphatic rings. The molecule has 0 bridgehead atoms. The highest BCUT2D eigenvalue weighted by Gasteiger charge is 2.51. The van der Waals surface area contributed by atoms with Gasteiger partial charge in [0, 0.05) is 12.0 Å². The van der Waals surface area contributed by atoms with Crippen molar-refractivity contribution in [2.45, 2.75) is 71.9 Å². The molecule has 0 N–H and O–H groups in total. The first-order chi connectivity index (χ1) is 16.7. The standard InChI is InChI=1S/C32H44O2Si/c1-8-15-26(22-30-25(4)20-21-29(24(2)3)31(30)23-33)34-35(32(5,6)7,27-16-11-9-12-17-27)28-18-13-10-14-19-28/h8-14,16-20,23-24,26,29-31H,1,15,21-22H2,2-7H3. The van der Waals surface area contributed by atoms with E-state index in [0.29, 0.717) is 11.8 Å². The first kappa shape index (κ1) is 27.4. The second-order valence-corrected chi connectivity index (χ2v) is 15.8. The summed E-state index contributed by atoms with van der Waals surface area (Å²) in [6.07, 6.45) is 8.16. The summed E-state index contributed by atoms with van der Waals surface area (Å²) < 4.78 is 7.48. The zero-order valence-electron chi connectivity index (χ0n) is 22.5. The Morgan fingerprint density at radius 2 is 1.57 bits per heavy atom. The van der Waals surface area contributed by atoms with Gasteiger partial charge in [0.05, 0.1) is 0 Å². The first-order valence-corrected chi connectivity index (χ1v) is 15.1. The van der Waals surface area contributed by atoms with Gasteiger partial charge < -0.3 is 9.22 Å². The fourth-order valence-corrected chi connectivity index (χ4v) is 10.8. The molecule has 4 unspecified atom stereocenters. The fourth-order valence-electron chi connectivity index (χ4n) is 6.09. The monoisotopic (exact) mass is 488 g/mol. The number of hydrogen-bond acceptors (Lipinski definition) is 2. The van der Waals surface area contributed by atoms with Gasteiger partial charge in [-0.1, -0.05) is 113 Å². The summed E-state index contributed by atoms with van der Waals surface area (Å²) in [4.78, 5) is 12.4. The van der Waals surface area contributed by atoms with Crippen molar-refractivity contribution in [3.8, 4) is 0 Å². The molecule has 4 atom stereocenters. The highest BCUT2D eigenvalue weighted by molar-refractivity contribution is 6.99. The van der Waals surface area contributed by atoms with E-state index in [2.05, 4.69) is 115 Å². The molecule has 0 heterocycles. The summed E-state index contributed by atoms with van der Waals surface area (Å²) in [6.45, 7) is 17.7. The third-order valence-corrected chi connectivity index (χ3v) is 13.1. The van der Waals surface area contributed by atoms with E-state index in [1.807, 2.05) is 6.08 Å². The SMILES string of the molecule is C=CCC(CC1C(C)=CCC(C(C)C)C1C=O)O[Si](c1ccccc1)(c1ccccc1)C(C)(C)C. The summed E-state index contributed by atoms with van der Waals surface area (Å²) in [5, 5.41) is 2.49. The van der Waals surface area contributed by atoms with Gasteiger partial charge in [-0.3, -0.25) is 0 Å². The lowest BCUT2D eigenvalue weighted by molar-refractivity contribution is -0.115. The minimum absolute atomic E-state index is 0.0134. The predicted molar refractivity (Wildman–Crippen MR) is 152 cm³/mol. The molecule has 0 aliphatic heterocycles. The van der Waals surface area contributed by atoms with Crippen molar-refractivity contribution in [1.29, 1.82) is 0 Å². The van der Waals surface area contributed by atoms with E-state index in [4.69, 9.17) is 4.43 Å². The maximum atomic E-state index is 12.4. The Hall–Kier alpha value is -2.23. The predicted octanol–water partition coefficient (Wildman–Crippen LogP) is 6.95. The number of allylic oxidation sites excluding steroid dienone is 2. The van der Waals surface area contributed by atoms with Gasteiger partial charge in [0.2, 0.25) is 0 Å². The Bertz CT molecular complexity index is 948. The van der Waals surface area contributed by atoms with Crippen LogP contribution in [0.5, 0.6) is 0 Å². The lowest BCUT2D eigenvalue weighted by Gasteiger charge is -2.46. The van der Waals surface area contributed by atoms with E-state index >= 15 is 0 Å². The van der Waals surface area contributed by atoms with Gasteiger partial charge in [-0.05, 0) is 59.4 Å². The van der Waals surface area contributed by atoms with Gasteiger partial charge in [0.15, 0.2) is 0 Å². The molecule has 2 nitrogen and oxygen atoms in total. The first-order valence-electron chi connectivity index (χ1n) is 13.2. The van der Waals surface area contributed by atoms with Gasteiger partial charge >= 0.3 is 0 Å². The molecule has 3 heteroatoms. The van der Waals surface area contributed by atoms with Crippen LogP contribution in [-0.2, 0) is 9.22 Å². The number of aldehydes is 1. The molecule has 0 fully saturated rings. The van der Waals surface area contributed by atoms with Crippen LogP contribution in [0.3, 0.4) is 0 Å². The summed E-state index contributed by atoms with van der Waals surface area (Å²) in [5.74, 6) is 1.11. The molecule has 0 saturated heterocycles. The molecule has 0 spiro atoms. The number of hydrogen-bond donors (Lipinski definition) is 0. The van der Waals surface area contributed by atoms with Crippen LogP contribution in [0.15, 0.2) is 85.0 Å². The molecule has 2 aromatic rings. The summed E-state index contributed by atoms with van der Waals surface area (Å²) in [5.41, 5.74) is 1.33. The van der Waals surface area contributed by atoms with Crippen molar-refractivity contribution in [2.24, 2.45) is 23.7 Å². The second-order valence-electron chi connectivity index (χ2n) is 11.6. The Morgan fingerprint density at radius 1 is 1.03 bits per heavy atom. The second kappa shape index (κ2) is 11.7. The number of carbonyl (C=O) groups excluding carboxylic acids is 1. The van der Waals surface area contributed by atoms with Gasteiger partial charge in [-0.15, -0.1) is 6.58 Å². The van der Waals surface area contributed by atoms with Gasteiger partial charge in [-0.25, -0.2) is 0 Å². The van der Waals surface area contributed by atoms with Gasteiger partial charge in [0.1, 0.15) is 6.29 Å². The summed E-state index contributed by atoms with van der Waals surface area (Å²) in [6, 6.07) is 21.6. The van der Waals surface area contributed by atoms with Crippen molar-refractivity contribution in [2.75, 3.05) is 0 Å². The molecule has 2 aromatic carbocycles. The Balaban J connectivity index is 2.09. The molecular formula is C32H44O2Si. The maximum absolute atomic E-state index is 12.4. The molecule has 188 valence electrons. The van der Waals surface area contributed by atoms with Crippen LogP contribution in [0.4, 0.5) is 0 Å². The Morgan fingerprint density at radius 3 is 2.00 bits per heavy atom. The third kappa shape index (κ3) is 5.78. The van der Waals surface area contributed by atoms with Crippen LogP contribution in [-0.4, -0.2) is 20.7 Å². The number of benzene rings is 2. The lowest BCUT2D eigenvalue weighted by Crippen LogP contribution is -2.67. The largest absolute Gasteiger partial charge is 0.404 e. The van der Waals surface area contributed by atoms with Crippen LogP contribution in [0.2, 0.25) is 5.04 Å². The van der Waals surface area contributed by atoms with Crippen molar-refractivity contribution >= 4 is 25.0 Å². The molecule has 0 radical (unpaired) electrons. The topological polar surface area (TPSA) is 26.3 Å². The van der Waals surface area contributed by atoms with Crippen molar-refractivity contribution in [3.05, 3.63) is 85.0 Å². The normalized spacial score (nSPS) is 21.9. The Kier molecular flexibility index (Phi) is 9.12. The zero-order chi connectivity index (χ0) is 25.6. The van der Waals surface area contributed by atoms with E-state index < -0.39 is 8.32 Å². The molecule has 0 aromatic heterocycles. The zero-order valence-corrected chi connectivity index (χ0v) is 23.5. The van der Waals surface area contributed by atoms with Crippen molar-refractivity contribution in [1.82, 2.24) is 0 Å². The molecule has 3 rings (SSSR count). The highest BCUT2D eigenvalue weighted by Crippen LogP contribution is 2.43. The lowest BCUT2D eigenvalue weighted by atomic mass is 9.67. The molecule has 0 amide bonds. The molecular weight excluding hydrogens is 444 g/mol. The number of carbonyl (C=O) groups is 1. The van der Waals surface area contributed by atoms with E-state index in [0.717, 1.165) is 19.3 Å². The molecule has 1 aliphatic carbocycles. The van der Waals surface area contributed by atoms with Crippen molar-refractivity contribution in [3.63, 3.8) is 0 Å². The average Bonchev–Trinajstić information content (AvgIpc) is 2.83. The average molecular weight is 489 g/mol. The van der Waals surface area contributed by atoms with E-state index in [1.54, 1.807) is 0 Å². The van der Waals surface area contributed by atoms with Crippen LogP contribution >= 0.6 is 0 Å². The minimum Gasteiger partial charge on any atom is -0.404 e. The number of rotatable bonds is 10. The van der Waals surface area contributed by atoms with Gasteiger partial charge in [-0.2, -0.15) is 0 Å². The molecule has 0 saturated carbocycles. The van der Waals surface area contributed by atoms with Crippen LogP contribution in [0.1, 0.15) is 60.8 Å². The third-order valence-electron chi connectivity index (χ3n) is 7.98. The minimum atomic E-state index is -2.68. The van der Waals surface area contributed by atoms with E-state index in [-0.39, 0.29) is 23.0 Å². The smallest absolute Gasteiger partial charge is 0.261 e. The van der Waals surface area contributed by atoms with Crippen LogP contribution in [0, 0.1) is 23.7 Å². The Labute approximate surface area is 214 Å². The van der Waals surface area contributed by atoms with Crippen LogP contribution < -0.4 is 10.4 Å². The van der Waals surface area contributed by atoms with E-state index in [9.17, 15) is 4.79 Å². The molecule has 35 heavy (non-hydrogen) atoms. The van der Waals surface area contributed by atoms with E-state index in [1.165, 1.54) is 22.2 Å². The fraction of sp³-hybridized carbons (Fsp3) is 0.469.